The molecule has 0 aromatic heterocycles. The quantitative estimate of drug-likeness (QED) is 0.811. The van der Waals surface area contributed by atoms with Crippen LogP contribution in [0.1, 0.15) is 46.0 Å². The zero-order valence-corrected chi connectivity index (χ0v) is 11.3. The monoisotopic (exact) mass is 248 g/mol. The maximum Gasteiger partial charge on any atom is 0.227 e. The minimum absolute atomic E-state index is 0. The van der Waals surface area contributed by atoms with Crippen molar-refractivity contribution in [1.82, 2.24) is 4.90 Å². The van der Waals surface area contributed by atoms with E-state index in [0.717, 1.165) is 45.2 Å². The molecule has 1 rings (SSSR count). The largest absolute Gasteiger partial charge is 0.342 e. The Balaban J connectivity index is 0.00000225. The third kappa shape index (κ3) is 3.95. The number of amides is 1. The van der Waals surface area contributed by atoms with Crippen LogP contribution in [0.25, 0.3) is 0 Å². The number of nitrogens with two attached hydrogens (primary N) is 1. The lowest BCUT2D eigenvalue weighted by Crippen LogP contribution is -2.42. The van der Waals surface area contributed by atoms with Crippen molar-refractivity contribution in [2.45, 2.75) is 52.0 Å². The lowest BCUT2D eigenvalue weighted by Gasteiger charge is -2.26. The van der Waals surface area contributed by atoms with Crippen LogP contribution >= 0.6 is 12.4 Å². The Morgan fingerprint density at radius 1 is 1.25 bits per heavy atom. The average Bonchev–Trinajstić information content (AvgIpc) is 2.63. The van der Waals surface area contributed by atoms with E-state index < -0.39 is 0 Å². The third-order valence-electron chi connectivity index (χ3n) is 3.19. The smallest absolute Gasteiger partial charge is 0.227 e. The first-order chi connectivity index (χ1) is 7.20. The number of nitrogens with zero attached hydrogens (tertiary/aromatic N) is 1. The normalized spacial score (nSPS) is 23.9. The van der Waals surface area contributed by atoms with Crippen LogP contribution in [-0.4, -0.2) is 29.9 Å². The van der Waals surface area contributed by atoms with Crippen molar-refractivity contribution in [2.24, 2.45) is 11.7 Å². The first-order valence-corrected chi connectivity index (χ1v) is 6.25. The summed E-state index contributed by atoms with van der Waals surface area (Å²) in [4.78, 5) is 14.2. The summed E-state index contributed by atoms with van der Waals surface area (Å²) in [6.45, 7) is 6.00. The maximum absolute atomic E-state index is 12.2. The van der Waals surface area contributed by atoms with E-state index in [0.29, 0.717) is 5.91 Å². The van der Waals surface area contributed by atoms with Gasteiger partial charge in [-0.25, -0.2) is 0 Å². The summed E-state index contributed by atoms with van der Waals surface area (Å²) in [6, 6.07) is 0.105. The number of halogens is 1. The summed E-state index contributed by atoms with van der Waals surface area (Å²) in [5, 5.41) is 0. The van der Waals surface area contributed by atoms with Gasteiger partial charge in [-0.05, 0) is 25.7 Å². The van der Waals surface area contributed by atoms with Crippen LogP contribution in [-0.2, 0) is 4.79 Å². The predicted octanol–water partition coefficient (Wildman–Crippen LogP) is 2.18. The Bertz CT molecular complexity index is 205. The number of hydrogen-bond donors (Lipinski definition) is 1. The van der Waals surface area contributed by atoms with Crippen LogP contribution in [0.2, 0.25) is 0 Å². The fourth-order valence-electron chi connectivity index (χ4n) is 2.40. The van der Waals surface area contributed by atoms with Gasteiger partial charge in [0.25, 0.3) is 0 Å². The van der Waals surface area contributed by atoms with Crippen molar-refractivity contribution < 1.29 is 4.79 Å². The molecule has 0 aromatic rings. The van der Waals surface area contributed by atoms with Crippen molar-refractivity contribution >= 4 is 18.3 Å². The van der Waals surface area contributed by atoms with Crippen molar-refractivity contribution in [3.05, 3.63) is 0 Å². The fraction of sp³-hybridized carbons (Fsp3) is 0.917. The first kappa shape index (κ1) is 15.7. The molecule has 0 saturated heterocycles. The zero-order valence-electron chi connectivity index (χ0n) is 10.4. The number of rotatable bonds is 5. The van der Waals surface area contributed by atoms with Crippen LogP contribution in [0.5, 0.6) is 0 Å². The van der Waals surface area contributed by atoms with E-state index in [9.17, 15) is 4.79 Å². The van der Waals surface area contributed by atoms with Gasteiger partial charge < -0.3 is 10.6 Å². The summed E-state index contributed by atoms with van der Waals surface area (Å²) in [7, 11) is 0. The Kier molecular flexibility index (Phi) is 7.77. The van der Waals surface area contributed by atoms with E-state index in [4.69, 9.17) is 5.73 Å². The van der Waals surface area contributed by atoms with Gasteiger partial charge in [-0.3, -0.25) is 4.79 Å². The Morgan fingerprint density at radius 2 is 1.81 bits per heavy atom. The van der Waals surface area contributed by atoms with Gasteiger partial charge in [-0.1, -0.05) is 20.3 Å². The number of hydrogen-bond acceptors (Lipinski definition) is 2. The summed E-state index contributed by atoms with van der Waals surface area (Å²) in [5.41, 5.74) is 5.96. The molecule has 1 saturated carbocycles. The minimum Gasteiger partial charge on any atom is -0.342 e. The van der Waals surface area contributed by atoms with Gasteiger partial charge in [-0.2, -0.15) is 0 Å². The highest BCUT2D eigenvalue weighted by atomic mass is 35.5. The zero-order chi connectivity index (χ0) is 11.3. The summed E-state index contributed by atoms with van der Waals surface area (Å²) in [6.07, 6.45) is 5.19. The topological polar surface area (TPSA) is 46.3 Å². The highest BCUT2D eigenvalue weighted by Gasteiger charge is 2.32. The van der Waals surface area contributed by atoms with Crippen LogP contribution < -0.4 is 5.73 Å². The van der Waals surface area contributed by atoms with Gasteiger partial charge in [0, 0.05) is 19.1 Å². The van der Waals surface area contributed by atoms with Crippen LogP contribution in [0, 0.1) is 5.92 Å². The molecule has 4 heteroatoms. The molecular formula is C12H25ClN2O. The van der Waals surface area contributed by atoms with Gasteiger partial charge >= 0.3 is 0 Å². The second-order valence-electron chi connectivity index (χ2n) is 4.53. The molecule has 0 radical (unpaired) electrons. The molecule has 2 atom stereocenters. The molecule has 3 nitrogen and oxygen atoms in total. The minimum atomic E-state index is 0. The van der Waals surface area contributed by atoms with Crippen LogP contribution in [0.3, 0.4) is 0 Å². The molecular weight excluding hydrogens is 224 g/mol. The summed E-state index contributed by atoms with van der Waals surface area (Å²) >= 11 is 0. The Morgan fingerprint density at radius 3 is 2.19 bits per heavy atom. The van der Waals surface area contributed by atoms with Crippen molar-refractivity contribution in [3.8, 4) is 0 Å². The van der Waals surface area contributed by atoms with Gasteiger partial charge in [0.2, 0.25) is 5.91 Å². The van der Waals surface area contributed by atoms with Gasteiger partial charge in [0.05, 0.1) is 5.92 Å². The lowest BCUT2D eigenvalue weighted by molar-refractivity contribution is -0.135. The second kappa shape index (κ2) is 7.91. The van der Waals surface area contributed by atoms with E-state index in [1.54, 1.807) is 0 Å². The highest BCUT2D eigenvalue weighted by Crippen LogP contribution is 2.25. The number of carbonyl (C=O) groups excluding carboxylic acids is 1. The molecule has 0 aliphatic heterocycles. The lowest BCUT2D eigenvalue weighted by atomic mass is 10.0. The van der Waals surface area contributed by atoms with Crippen molar-refractivity contribution in [2.75, 3.05) is 13.1 Å². The Hall–Kier alpha value is -0.280. The van der Waals surface area contributed by atoms with Crippen LogP contribution in [0.4, 0.5) is 0 Å². The molecule has 1 amide bonds. The highest BCUT2D eigenvalue weighted by molar-refractivity contribution is 5.85. The maximum atomic E-state index is 12.2. The standard InChI is InChI=1S/C12H24N2O.ClH/c1-3-8-14(9-4-2)12(15)10-6-5-7-11(10)13;/h10-11H,3-9,13H2,1-2H3;1H. The molecule has 0 aromatic carbocycles. The van der Waals surface area contributed by atoms with E-state index in [2.05, 4.69) is 13.8 Å². The van der Waals surface area contributed by atoms with Gasteiger partial charge in [-0.15, -0.1) is 12.4 Å². The van der Waals surface area contributed by atoms with Crippen molar-refractivity contribution in [1.29, 1.82) is 0 Å². The Labute approximate surface area is 105 Å². The van der Waals surface area contributed by atoms with Gasteiger partial charge in [0.1, 0.15) is 0 Å². The average molecular weight is 249 g/mol. The molecule has 1 aliphatic rings. The van der Waals surface area contributed by atoms with E-state index >= 15 is 0 Å². The molecule has 0 spiro atoms. The number of carbonyl (C=O) groups is 1. The van der Waals surface area contributed by atoms with E-state index in [1.807, 2.05) is 4.90 Å². The second-order valence-corrected chi connectivity index (χ2v) is 4.53. The van der Waals surface area contributed by atoms with Gasteiger partial charge in [0.15, 0.2) is 0 Å². The third-order valence-corrected chi connectivity index (χ3v) is 3.19. The fourth-order valence-corrected chi connectivity index (χ4v) is 2.40. The summed E-state index contributed by atoms with van der Waals surface area (Å²) in [5.74, 6) is 0.395. The first-order valence-electron chi connectivity index (χ1n) is 6.25. The van der Waals surface area contributed by atoms with Crippen molar-refractivity contribution in [3.63, 3.8) is 0 Å². The predicted molar refractivity (Wildman–Crippen MR) is 69.7 cm³/mol. The molecule has 2 unspecified atom stereocenters. The SMILES string of the molecule is CCCN(CCC)C(=O)C1CCCC1N.Cl. The molecule has 1 aliphatic carbocycles. The van der Waals surface area contributed by atoms with Crippen LogP contribution in [0.15, 0.2) is 0 Å². The molecule has 16 heavy (non-hydrogen) atoms. The molecule has 1 fully saturated rings. The van der Waals surface area contributed by atoms with E-state index in [1.165, 1.54) is 0 Å². The molecule has 2 N–H and O–H groups in total. The molecule has 0 bridgehead atoms. The molecule has 96 valence electrons. The summed E-state index contributed by atoms with van der Waals surface area (Å²) < 4.78 is 0. The molecule has 0 heterocycles. The van der Waals surface area contributed by atoms with E-state index in [-0.39, 0.29) is 24.4 Å².